The zero-order chi connectivity index (χ0) is 24.6. The van der Waals surface area contributed by atoms with E-state index in [-0.39, 0.29) is 0 Å². The standard InChI is InChI=1S/C24H20B.C9H20N/c1-5-13-21(14-6-1)25(22-15-7-2-8-16-22,23-17-9-3-10-18-23)24-19-11-4-12-20-24;1-10(2,3)9-7-5-4-6-8-9/h1-20H;9H,4-8H2,1-3H3/q-1;+1. The van der Waals surface area contributed by atoms with Crippen molar-refractivity contribution in [2.45, 2.75) is 38.1 Å². The summed E-state index contributed by atoms with van der Waals surface area (Å²) in [5.74, 6) is 0. The Morgan fingerprint density at radius 1 is 0.457 bits per heavy atom. The number of quaternary nitrogens is 1. The maximum atomic E-state index is 2.32. The molecule has 1 aliphatic rings. The lowest BCUT2D eigenvalue weighted by Crippen LogP contribution is -2.74. The fraction of sp³-hybridized carbons (Fsp3) is 0.273. The molecule has 4 aromatic rings. The molecule has 0 aliphatic heterocycles. The molecule has 1 saturated carbocycles. The van der Waals surface area contributed by atoms with Crippen LogP contribution in [0.1, 0.15) is 32.1 Å². The molecule has 35 heavy (non-hydrogen) atoms. The van der Waals surface area contributed by atoms with E-state index in [1.807, 2.05) is 0 Å². The predicted molar refractivity (Wildman–Crippen MR) is 155 cm³/mol. The highest BCUT2D eigenvalue weighted by Crippen LogP contribution is 2.23. The molecule has 0 radical (unpaired) electrons. The largest absolute Gasteiger partial charge is 0.328 e. The fourth-order valence-electron chi connectivity index (χ4n) is 5.98. The molecule has 2 heteroatoms. The normalized spacial score (nSPS) is 14.6. The van der Waals surface area contributed by atoms with Gasteiger partial charge in [0.2, 0.25) is 0 Å². The Bertz CT molecular complexity index is 966. The molecule has 1 aliphatic carbocycles. The van der Waals surface area contributed by atoms with Crippen molar-refractivity contribution in [2.24, 2.45) is 0 Å². The second-order valence-corrected chi connectivity index (χ2v) is 10.9. The SMILES string of the molecule is C[N+](C)(C)C1CCCCC1.c1ccc([B-](c2ccccc2)(c2ccccc2)c2ccccc2)cc1. The van der Waals surface area contributed by atoms with E-state index in [2.05, 4.69) is 142 Å². The van der Waals surface area contributed by atoms with Gasteiger partial charge in [-0.05, 0) is 25.7 Å². The van der Waals surface area contributed by atoms with E-state index in [0.29, 0.717) is 0 Å². The fourth-order valence-corrected chi connectivity index (χ4v) is 5.98. The van der Waals surface area contributed by atoms with E-state index in [0.717, 1.165) is 6.04 Å². The minimum absolute atomic E-state index is 0.939. The van der Waals surface area contributed by atoms with Crippen molar-refractivity contribution in [3.05, 3.63) is 121 Å². The van der Waals surface area contributed by atoms with Gasteiger partial charge in [0.25, 0.3) is 0 Å². The van der Waals surface area contributed by atoms with Crippen LogP contribution in [-0.2, 0) is 0 Å². The van der Waals surface area contributed by atoms with E-state index >= 15 is 0 Å². The van der Waals surface area contributed by atoms with Crippen LogP contribution in [0.2, 0.25) is 0 Å². The molecule has 0 bridgehead atoms. The molecular weight excluding hydrogens is 421 g/mol. The third kappa shape index (κ3) is 5.77. The summed E-state index contributed by atoms with van der Waals surface area (Å²) in [6, 6.07) is 44.5. The minimum atomic E-state index is -1.22. The van der Waals surface area contributed by atoms with Gasteiger partial charge in [-0.25, -0.2) is 0 Å². The first kappa shape index (κ1) is 25.0. The van der Waals surface area contributed by atoms with Gasteiger partial charge >= 0.3 is 0 Å². The Labute approximate surface area is 213 Å². The van der Waals surface area contributed by atoms with Gasteiger partial charge in [-0.1, -0.05) is 128 Å². The average Bonchev–Trinajstić information content (AvgIpc) is 2.92. The van der Waals surface area contributed by atoms with Crippen LogP contribution in [0.3, 0.4) is 0 Å². The zero-order valence-electron chi connectivity index (χ0n) is 21.7. The molecule has 0 aromatic heterocycles. The highest BCUT2D eigenvalue weighted by molar-refractivity contribution is 7.19. The summed E-state index contributed by atoms with van der Waals surface area (Å²) in [4.78, 5) is 0. The van der Waals surface area contributed by atoms with Crippen LogP contribution < -0.4 is 21.9 Å². The average molecular weight is 462 g/mol. The van der Waals surface area contributed by atoms with Crippen molar-refractivity contribution in [1.82, 2.24) is 0 Å². The summed E-state index contributed by atoms with van der Waals surface area (Å²) >= 11 is 0. The first-order valence-corrected chi connectivity index (χ1v) is 13.2. The highest BCUT2D eigenvalue weighted by atomic mass is 15.3. The lowest BCUT2D eigenvalue weighted by atomic mass is 9.13. The third-order valence-electron chi connectivity index (χ3n) is 7.87. The topological polar surface area (TPSA) is 0 Å². The van der Waals surface area contributed by atoms with E-state index < -0.39 is 6.15 Å². The smallest absolute Gasteiger partial charge is 0.108 e. The van der Waals surface area contributed by atoms with Crippen molar-refractivity contribution in [3.8, 4) is 0 Å². The van der Waals surface area contributed by atoms with Crippen LogP contribution in [0.15, 0.2) is 121 Å². The number of rotatable bonds is 5. The van der Waals surface area contributed by atoms with Crippen LogP contribution in [0.5, 0.6) is 0 Å². The minimum Gasteiger partial charge on any atom is -0.328 e. The Morgan fingerprint density at radius 2 is 0.743 bits per heavy atom. The maximum Gasteiger partial charge on any atom is 0.108 e. The molecule has 1 nitrogen and oxygen atoms in total. The molecule has 0 heterocycles. The van der Waals surface area contributed by atoms with Crippen molar-refractivity contribution < 1.29 is 4.48 Å². The van der Waals surface area contributed by atoms with E-state index in [9.17, 15) is 0 Å². The first-order chi connectivity index (χ1) is 17.0. The van der Waals surface area contributed by atoms with Crippen LogP contribution >= 0.6 is 0 Å². The Balaban J connectivity index is 0.000000243. The zero-order valence-corrected chi connectivity index (χ0v) is 21.7. The van der Waals surface area contributed by atoms with Crippen molar-refractivity contribution in [3.63, 3.8) is 0 Å². The van der Waals surface area contributed by atoms with Gasteiger partial charge in [0.05, 0.1) is 27.2 Å². The molecule has 5 rings (SSSR count). The van der Waals surface area contributed by atoms with Gasteiger partial charge in [0.1, 0.15) is 6.15 Å². The predicted octanol–water partition coefficient (Wildman–Crippen LogP) is 5.09. The van der Waals surface area contributed by atoms with E-state index in [4.69, 9.17) is 0 Å². The van der Waals surface area contributed by atoms with Crippen molar-refractivity contribution >= 4 is 28.0 Å². The summed E-state index contributed by atoms with van der Waals surface area (Å²) in [6.45, 7) is 0. The summed E-state index contributed by atoms with van der Waals surface area (Å²) in [6.07, 6.45) is 6.07. The lowest BCUT2D eigenvalue weighted by Gasteiger charge is -2.44. The van der Waals surface area contributed by atoms with E-state index in [1.165, 1.54) is 58.4 Å². The van der Waals surface area contributed by atoms with Gasteiger partial charge in [0, 0.05) is 0 Å². The summed E-state index contributed by atoms with van der Waals surface area (Å²) in [5, 5.41) is 0. The van der Waals surface area contributed by atoms with Gasteiger partial charge in [-0.15, -0.1) is 0 Å². The Hall–Kier alpha value is -3.10. The van der Waals surface area contributed by atoms with Gasteiger partial charge in [-0.3, -0.25) is 0 Å². The molecule has 0 amide bonds. The molecule has 1 fully saturated rings. The van der Waals surface area contributed by atoms with Gasteiger partial charge < -0.3 is 4.48 Å². The van der Waals surface area contributed by atoms with Crippen molar-refractivity contribution in [1.29, 1.82) is 0 Å². The van der Waals surface area contributed by atoms with Crippen LogP contribution in [0.4, 0.5) is 0 Å². The number of nitrogens with zero attached hydrogens (tertiary/aromatic N) is 1. The van der Waals surface area contributed by atoms with Gasteiger partial charge in [-0.2, -0.15) is 21.9 Å². The quantitative estimate of drug-likeness (QED) is 0.287. The number of hydrogen-bond acceptors (Lipinski definition) is 0. The lowest BCUT2D eigenvalue weighted by molar-refractivity contribution is -0.897. The van der Waals surface area contributed by atoms with Crippen LogP contribution in [-0.4, -0.2) is 37.8 Å². The Morgan fingerprint density at radius 3 is 0.971 bits per heavy atom. The molecule has 0 saturated heterocycles. The molecule has 0 N–H and O–H groups in total. The molecule has 180 valence electrons. The third-order valence-corrected chi connectivity index (χ3v) is 7.87. The van der Waals surface area contributed by atoms with Crippen LogP contribution in [0.25, 0.3) is 0 Å². The number of benzene rings is 4. The monoisotopic (exact) mass is 461 g/mol. The van der Waals surface area contributed by atoms with Crippen LogP contribution in [0, 0.1) is 0 Å². The van der Waals surface area contributed by atoms with Gasteiger partial charge in [0.15, 0.2) is 0 Å². The second kappa shape index (κ2) is 11.6. The molecular formula is C33H40BN. The Kier molecular flexibility index (Phi) is 8.26. The number of hydrogen-bond donors (Lipinski definition) is 0. The second-order valence-electron chi connectivity index (χ2n) is 10.9. The molecule has 0 spiro atoms. The van der Waals surface area contributed by atoms with E-state index in [1.54, 1.807) is 0 Å². The summed E-state index contributed by atoms with van der Waals surface area (Å²) < 4.78 is 1.17. The highest BCUT2D eigenvalue weighted by Gasteiger charge is 2.31. The molecule has 0 atom stereocenters. The maximum absolute atomic E-state index is 2.32. The van der Waals surface area contributed by atoms with Crippen molar-refractivity contribution in [2.75, 3.05) is 21.1 Å². The molecule has 0 unspecified atom stereocenters. The summed E-state index contributed by atoms with van der Waals surface area (Å²) in [7, 11) is 6.95. The molecule has 4 aromatic carbocycles. The summed E-state index contributed by atoms with van der Waals surface area (Å²) in [5.41, 5.74) is 5.36. The first-order valence-electron chi connectivity index (χ1n) is 13.2.